The molecule has 7 heteroatoms. The minimum atomic E-state index is -1.34. The minimum absolute atomic E-state index is 0.0984. The van der Waals surface area contributed by atoms with Crippen molar-refractivity contribution in [3.05, 3.63) is 11.1 Å². The average Bonchev–Trinajstić information content (AvgIpc) is 2.46. The molecule has 0 aromatic carbocycles. The summed E-state index contributed by atoms with van der Waals surface area (Å²) >= 11 is 0. The molecule has 0 aliphatic carbocycles. The Balaban J connectivity index is 4.03. The summed E-state index contributed by atoms with van der Waals surface area (Å²) in [6, 6.07) is 0. The number of rotatable bonds is 13. The van der Waals surface area contributed by atoms with Gasteiger partial charge in [-0.05, 0) is 13.3 Å². The van der Waals surface area contributed by atoms with Crippen LogP contribution >= 0.6 is 0 Å². The maximum atomic E-state index is 11.6. The van der Waals surface area contributed by atoms with Crippen molar-refractivity contribution in [3.63, 3.8) is 0 Å². The summed E-state index contributed by atoms with van der Waals surface area (Å²) in [5.41, 5.74) is -0.105. The molecule has 0 aliphatic heterocycles. The first kappa shape index (κ1) is 21.1. The van der Waals surface area contributed by atoms with E-state index >= 15 is 0 Å². The number of carbonyl (C=O) groups is 3. The highest BCUT2D eigenvalue weighted by molar-refractivity contribution is 5.93. The normalized spacial score (nSPS) is 11.7. The van der Waals surface area contributed by atoms with Gasteiger partial charge in [-0.2, -0.15) is 0 Å². The van der Waals surface area contributed by atoms with Gasteiger partial charge in [0.2, 0.25) is 0 Å². The average molecular weight is 330 g/mol. The predicted octanol–water partition coefficient (Wildman–Crippen LogP) is 2.39. The second-order valence-corrected chi connectivity index (χ2v) is 5.20. The maximum absolute atomic E-state index is 11.6. The van der Waals surface area contributed by atoms with Crippen LogP contribution in [0.4, 0.5) is 0 Å². The molecule has 0 rings (SSSR count). The largest absolute Gasteiger partial charge is 0.481 e. The molecule has 0 aliphatic rings. The Kier molecular flexibility index (Phi) is 11.6. The molecule has 2 N–H and O–H groups in total. The van der Waals surface area contributed by atoms with Crippen LogP contribution in [0.2, 0.25) is 0 Å². The highest BCUT2D eigenvalue weighted by Crippen LogP contribution is 2.13. The van der Waals surface area contributed by atoms with Gasteiger partial charge in [0.05, 0.1) is 19.4 Å². The van der Waals surface area contributed by atoms with Crippen LogP contribution in [-0.2, 0) is 23.9 Å². The number of aliphatic carboxylic acids is 2. The van der Waals surface area contributed by atoms with Crippen LogP contribution in [0.1, 0.15) is 52.4 Å². The topological polar surface area (TPSA) is 110 Å². The van der Waals surface area contributed by atoms with Gasteiger partial charge in [-0.3, -0.25) is 9.59 Å². The van der Waals surface area contributed by atoms with Crippen molar-refractivity contribution < 1.29 is 34.1 Å². The van der Waals surface area contributed by atoms with Crippen molar-refractivity contribution in [1.82, 2.24) is 0 Å². The summed E-state index contributed by atoms with van der Waals surface area (Å²) < 4.78 is 10.2. The first-order valence-electron chi connectivity index (χ1n) is 7.75. The third-order valence-corrected chi connectivity index (χ3v) is 3.14. The predicted molar refractivity (Wildman–Crippen MR) is 83.1 cm³/mol. The summed E-state index contributed by atoms with van der Waals surface area (Å²) in [5, 5.41) is 17.6. The summed E-state index contributed by atoms with van der Waals surface area (Å²) in [6.07, 6.45) is 3.54. The smallest absolute Gasteiger partial charge is 0.332 e. The quantitative estimate of drug-likeness (QED) is 0.303. The lowest BCUT2D eigenvalue weighted by atomic mass is 10.0. The van der Waals surface area contributed by atoms with E-state index in [1.54, 1.807) is 0 Å². The molecule has 0 aromatic rings. The molecule has 0 spiro atoms. The van der Waals surface area contributed by atoms with Crippen LogP contribution in [-0.4, -0.2) is 47.9 Å². The Morgan fingerprint density at radius 2 is 1.61 bits per heavy atom. The fraction of sp³-hybridized carbons (Fsp3) is 0.688. The first-order valence-corrected chi connectivity index (χ1v) is 7.75. The van der Waals surface area contributed by atoms with Crippen molar-refractivity contribution in [3.8, 4) is 0 Å². The molecule has 0 bridgehead atoms. The van der Waals surface area contributed by atoms with Crippen LogP contribution in [0.5, 0.6) is 0 Å². The van der Waals surface area contributed by atoms with Crippen LogP contribution in [0.3, 0.4) is 0 Å². The third-order valence-electron chi connectivity index (χ3n) is 3.14. The van der Waals surface area contributed by atoms with E-state index in [0.717, 1.165) is 19.3 Å². The van der Waals surface area contributed by atoms with Crippen LogP contribution in [0.15, 0.2) is 11.1 Å². The zero-order chi connectivity index (χ0) is 17.7. The van der Waals surface area contributed by atoms with E-state index in [-0.39, 0.29) is 24.2 Å². The molecule has 0 aromatic heterocycles. The van der Waals surface area contributed by atoms with Gasteiger partial charge in [0, 0.05) is 12.2 Å². The summed E-state index contributed by atoms with van der Waals surface area (Å²) in [4.78, 5) is 33.2. The SMILES string of the molecule is CCCCCCOCCOC(=O)CC(C)=C(CC(=O)O)C(=O)O. The molecule has 132 valence electrons. The van der Waals surface area contributed by atoms with Crippen molar-refractivity contribution in [1.29, 1.82) is 0 Å². The van der Waals surface area contributed by atoms with Gasteiger partial charge in [0.25, 0.3) is 0 Å². The molecule has 0 saturated carbocycles. The van der Waals surface area contributed by atoms with Gasteiger partial charge in [-0.1, -0.05) is 31.8 Å². The molecule has 0 unspecified atom stereocenters. The van der Waals surface area contributed by atoms with Crippen LogP contribution in [0, 0.1) is 0 Å². The van der Waals surface area contributed by atoms with Gasteiger partial charge < -0.3 is 19.7 Å². The molecule has 0 radical (unpaired) electrons. The van der Waals surface area contributed by atoms with Crippen LogP contribution < -0.4 is 0 Å². The number of unbranched alkanes of at least 4 members (excludes halogenated alkanes) is 3. The molecular weight excluding hydrogens is 304 g/mol. The Hall–Kier alpha value is -1.89. The lowest BCUT2D eigenvalue weighted by molar-refractivity contribution is -0.144. The number of esters is 1. The van der Waals surface area contributed by atoms with Crippen molar-refractivity contribution in [2.24, 2.45) is 0 Å². The molecule has 0 heterocycles. The Labute approximate surface area is 136 Å². The molecule has 0 atom stereocenters. The lowest BCUT2D eigenvalue weighted by Gasteiger charge is -2.08. The molecule has 0 fully saturated rings. The van der Waals surface area contributed by atoms with Gasteiger partial charge in [-0.15, -0.1) is 0 Å². The second-order valence-electron chi connectivity index (χ2n) is 5.20. The summed E-state index contributed by atoms with van der Waals surface area (Å²) in [5.74, 6) is -3.19. The van der Waals surface area contributed by atoms with E-state index in [2.05, 4.69) is 6.92 Å². The second kappa shape index (κ2) is 12.6. The Morgan fingerprint density at radius 1 is 0.913 bits per heavy atom. The molecular formula is C16H26O7. The number of carboxylic acids is 2. The summed E-state index contributed by atoms with van der Waals surface area (Å²) in [7, 11) is 0. The molecule has 23 heavy (non-hydrogen) atoms. The van der Waals surface area contributed by atoms with Gasteiger partial charge in [0.1, 0.15) is 6.61 Å². The van der Waals surface area contributed by atoms with E-state index in [1.807, 2.05) is 0 Å². The molecule has 0 saturated heterocycles. The number of carbonyl (C=O) groups excluding carboxylic acids is 1. The van der Waals surface area contributed by atoms with E-state index in [9.17, 15) is 14.4 Å². The van der Waals surface area contributed by atoms with E-state index < -0.39 is 24.3 Å². The van der Waals surface area contributed by atoms with Crippen LogP contribution in [0.25, 0.3) is 0 Å². The third kappa shape index (κ3) is 11.3. The Morgan fingerprint density at radius 3 is 2.17 bits per heavy atom. The highest BCUT2D eigenvalue weighted by Gasteiger charge is 2.17. The maximum Gasteiger partial charge on any atom is 0.332 e. The molecule has 0 amide bonds. The minimum Gasteiger partial charge on any atom is -0.481 e. The van der Waals surface area contributed by atoms with Gasteiger partial charge in [0.15, 0.2) is 0 Å². The summed E-state index contributed by atoms with van der Waals surface area (Å²) in [6.45, 7) is 4.56. The van der Waals surface area contributed by atoms with E-state index in [0.29, 0.717) is 13.2 Å². The first-order chi connectivity index (χ1) is 10.9. The lowest BCUT2D eigenvalue weighted by Crippen LogP contribution is -2.14. The standard InChI is InChI=1S/C16H26O7/c1-3-4-5-6-7-22-8-9-23-15(19)10-12(2)13(16(20)21)11-14(17)18/h3-11H2,1-2H3,(H,17,18)(H,20,21). The van der Waals surface area contributed by atoms with Crippen molar-refractivity contribution in [2.45, 2.75) is 52.4 Å². The zero-order valence-corrected chi connectivity index (χ0v) is 13.8. The van der Waals surface area contributed by atoms with Crippen molar-refractivity contribution >= 4 is 17.9 Å². The van der Waals surface area contributed by atoms with Crippen molar-refractivity contribution in [2.75, 3.05) is 19.8 Å². The Bertz CT molecular complexity index is 426. The monoisotopic (exact) mass is 330 g/mol. The number of carboxylic acid groups (broad SMARTS) is 2. The highest BCUT2D eigenvalue weighted by atomic mass is 16.6. The number of ether oxygens (including phenoxy) is 2. The number of hydrogen-bond acceptors (Lipinski definition) is 5. The van der Waals surface area contributed by atoms with Gasteiger partial charge in [-0.25, -0.2) is 4.79 Å². The zero-order valence-electron chi connectivity index (χ0n) is 13.8. The fourth-order valence-corrected chi connectivity index (χ4v) is 1.88. The molecule has 7 nitrogen and oxygen atoms in total. The van der Waals surface area contributed by atoms with E-state index in [4.69, 9.17) is 19.7 Å². The van der Waals surface area contributed by atoms with E-state index in [1.165, 1.54) is 13.3 Å². The fourth-order valence-electron chi connectivity index (χ4n) is 1.88. The number of hydrogen-bond donors (Lipinski definition) is 2. The van der Waals surface area contributed by atoms with Gasteiger partial charge >= 0.3 is 17.9 Å².